The summed E-state index contributed by atoms with van der Waals surface area (Å²) in [5, 5.41) is 10.6. The first-order valence-corrected chi connectivity index (χ1v) is 8.43. The minimum Gasteiger partial charge on any atom is -0.385 e. The predicted octanol–water partition coefficient (Wildman–Crippen LogP) is 4.21. The second-order valence-corrected chi connectivity index (χ2v) is 6.32. The number of aliphatic hydroxyl groups excluding tert-OH is 1. The Morgan fingerprint density at radius 3 is 2.42 bits per heavy atom. The maximum absolute atomic E-state index is 10.6. The molecular formula is C21H24N2O. The van der Waals surface area contributed by atoms with Crippen LogP contribution in [0.4, 0.5) is 0 Å². The van der Waals surface area contributed by atoms with Gasteiger partial charge in [-0.1, -0.05) is 48.5 Å². The number of aromatic nitrogens is 2. The lowest BCUT2D eigenvalue weighted by Gasteiger charge is -2.15. The molecule has 0 aliphatic rings. The molecule has 0 saturated carbocycles. The Bertz CT molecular complexity index is 772. The van der Waals surface area contributed by atoms with E-state index in [-0.39, 0.29) is 0 Å². The number of aryl methyl sites for hydroxylation is 2. The molecule has 1 unspecified atom stereocenters. The fourth-order valence-electron chi connectivity index (χ4n) is 3.19. The highest BCUT2D eigenvalue weighted by Crippen LogP contribution is 2.22. The van der Waals surface area contributed by atoms with Crippen LogP contribution in [0.3, 0.4) is 0 Å². The first kappa shape index (κ1) is 16.5. The third kappa shape index (κ3) is 3.74. The van der Waals surface area contributed by atoms with Crippen LogP contribution in [0.15, 0.2) is 60.9 Å². The molecule has 0 bridgehead atoms. The first-order valence-electron chi connectivity index (χ1n) is 8.43. The van der Waals surface area contributed by atoms with Crippen LogP contribution in [0.2, 0.25) is 0 Å². The van der Waals surface area contributed by atoms with Gasteiger partial charge in [0.05, 0.1) is 0 Å². The molecule has 0 fully saturated rings. The number of aliphatic hydroxyl groups is 1. The molecule has 0 radical (unpaired) electrons. The Balaban J connectivity index is 1.70. The van der Waals surface area contributed by atoms with Gasteiger partial charge >= 0.3 is 0 Å². The molecule has 1 aromatic heterocycles. The van der Waals surface area contributed by atoms with Crippen molar-refractivity contribution in [3.8, 4) is 0 Å². The molecule has 1 heterocycles. The molecule has 3 aromatic rings. The second-order valence-electron chi connectivity index (χ2n) is 6.32. The van der Waals surface area contributed by atoms with E-state index in [2.05, 4.69) is 49.2 Å². The van der Waals surface area contributed by atoms with Crippen molar-refractivity contribution in [1.29, 1.82) is 0 Å². The molecular weight excluding hydrogens is 296 g/mol. The lowest BCUT2D eigenvalue weighted by Crippen LogP contribution is -2.11. The Morgan fingerprint density at radius 2 is 1.71 bits per heavy atom. The highest BCUT2D eigenvalue weighted by molar-refractivity contribution is 5.33. The van der Waals surface area contributed by atoms with Gasteiger partial charge in [0.15, 0.2) is 0 Å². The summed E-state index contributed by atoms with van der Waals surface area (Å²) in [5.74, 6) is 0.741. The molecule has 0 aliphatic heterocycles. The Morgan fingerprint density at radius 1 is 1.00 bits per heavy atom. The molecule has 24 heavy (non-hydrogen) atoms. The van der Waals surface area contributed by atoms with Crippen molar-refractivity contribution in [2.75, 3.05) is 0 Å². The van der Waals surface area contributed by atoms with Gasteiger partial charge in [-0.15, -0.1) is 0 Å². The highest BCUT2D eigenvalue weighted by atomic mass is 16.3. The average molecular weight is 320 g/mol. The third-order valence-corrected chi connectivity index (χ3v) is 4.55. The van der Waals surface area contributed by atoms with E-state index in [1.165, 1.54) is 22.3 Å². The molecule has 3 heteroatoms. The van der Waals surface area contributed by atoms with Crippen LogP contribution in [0.5, 0.6) is 0 Å². The molecule has 0 aliphatic carbocycles. The number of nitrogens with zero attached hydrogens (tertiary/aromatic N) is 2. The van der Waals surface area contributed by atoms with Crippen molar-refractivity contribution in [1.82, 2.24) is 9.55 Å². The lowest BCUT2D eigenvalue weighted by molar-refractivity contribution is 0.154. The van der Waals surface area contributed by atoms with Gasteiger partial charge < -0.3 is 9.67 Å². The quantitative estimate of drug-likeness (QED) is 0.738. The summed E-state index contributed by atoms with van der Waals surface area (Å²) >= 11 is 0. The Hall–Kier alpha value is -2.39. The molecule has 0 amide bonds. The molecule has 124 valence electrons. The molecule has 0 saturated heterocycles. The molecule has 3 rings (SSSR count). The summed E-state index contributed by atoms with van der Waals surface area (Å²) in [6.45, 7) is 4.99. The molecule has 0 spiro atoms. The number of imidazole rings is 1. The third-order valence-electron chi connectivity index (χ3n) is 4.55. The van der Waals surface area contributed by atoms with Crippen molar-refractivity contribution < 1.29 is 5.11 Å². The van der Waals surface area contributed by atoms with Gasteiger partial charge in [-0.2, -0.15) is 0 Å². The van der Waals surface area contributed by atoms with E-state index in [0.29, 0.717) is 6.42 Å². The van der Waals surface area contributed by atoms with E-state index in [1.54, 1.807) is 6.20 Å². The number of rotatable bonds is 6. The van der Waals surface area contributed by atoms with Crippen LogP contribution >= 0.6 is 0 Å². The summed E-state index contributed by atoms with van der Waals surface area (Å²) in [7, 11) is 0. The van der Waals surface area contributed by atoms with Crippen molar-refractivity contribution >= 4 is 0 Å². The van der Waals surface area contributed by atoms with Crippen LogP contribution in [0.25, 0.3) is 0 Å². The van der Waals surface area contributed by atoms with Crippen LogP contribution < -0.4 is 0 Å². The van der Waals surface area contributed by atoms with Crippen molar-refractivity contribution in [3.05, 3.63) is 89.0 Å². The van der Waals surface area contributed by atoms with Crippen LogP contribution in [-0.4, -0.2) is 14.7 Å². The minimum absolute atomic E-state index is 0.553. The van der Waals surface area contributed by atoms with Crippen LogP contribution in [0.1, 0.15) is 40.6 Å². The fraction of sp³-hybridized carbons (Fsp3) is 0.286. The smallest absolute Gasteiger partial charge is 0.137 e. The number of hydrogen-bond acceptors (Lipinski definition) is 2. The van der Waals surface area contributed by atoms with Crippen LogP contribution in [-0.2, 0) is 13.0 Å². The van der Waals surface area contributed by atoms with Gasteiger partial charge in [0.25, 0.3) is 0 Å². The first-order chi connectivity index (χ1) is 11.6. The average Bonchev–Trinajstić information content (AvgIpc) is 3.03. The Kier molecular flexibility index (Phi) is 5.11. The molecule has 3 nitrogen and oxygen atoms in total. The zero-order valence-electron chi connectivity index (χ0n) is 14.3. The topological polar surface area (TPSA) is 38.1 Å². The summed E-state index contributed by atoms with van der Waals surface area (Å²) in [5.41, 5.74) is 5.11. The van der Waals surface area contributed by atoms with Gasteiger partial charge in [-0.25, -0.2) is 4.98 Å². The summed E-state index contributed by atoms with van der Waals surface area (Å²) in [4.78, 5) is 4.38. The second kappa shape index (κ2) is 7.45. The van der Waals surface area contributed by atoms with Crippen LogP contribution in [0, 0.1) is 13.8 Å². The minimum atomic E-state index is -0.553. The maximum Gasteiger partial charge on any atom is 0.137 e. The largest absolute Gasteiger partial charge is 0.385 e. The van der Waals surface area contributed by atoms with Crippen molar-refractivity contribution in [2.45, 2.75) is 39.3 Å². The highest BCUT2D eigenvalue weighted by Gasteiger charge is 2.15. The van der Waals surface area contributed by atoms with Crippen molar-refractivity contribution in [2.24, 2.45) is 0 Å². The van der Waals surface area contributed by atoms with E-state index >= 15 is 0 Å². The lowest BCUT2D eigenvalue weighted by atomic mass is 9.97. The fourth-order valence-corrected chi connectivity index (χ4v) is 3.19. The van der Waals surface area contributed by atoms with Gasteiger partial charge in [0.1, 0.15) is 11.9 Å². The van der Waals surface area contributed by atoms with E-state index < -0.39 is 6.10 Å². The Labute approximate surface area is 143 Å². The van der Waals surface area contributed by atoms with Gasteiger partial charge in [-0.3, -0.25) is 0 Å². The zero-order chi connectivity index (χ0) is 16.9. The normalized spacial score (nSPS) is 12.3. The van der Waals surface area contributed by atoms with Gasteiger partial charge in [0.2, 0.25) is 0 Å². The maximum atomic E-state index is 10.6. The van der Waals surface area contributed by atoms with Gasteiger partial charge in [0, 0.05) is 18.9 Å². The van der Waals surface area contributed by atoms with E-state index in [4.69, 9.17) is 0 Å². The monoisotopic (exact) mass is 320 g/mol. The summed E-state index contributed by atoms with van der Waals surface area (Å²) < 4.78 is 2.03. The zero-order valence-corrected chi connectivity index (χ0v) is 14.3. The SMILES string of the molecule is Cc1cccc(C)c1CCC(O)c1nccn1Cc1ccccc1. The van der Waals surface area contributed by atoms with E-state index in [9.17, 15) is 5.11 Å². The standard InChI is InChI=1S/C21H24N2O/c1-16-7-6-8-17(2)19(16)11-12-20(24)21-22-13-14-23(21)15-18-9-4-3-5-10-18/h3-10,13-14,20,24H,11-12,15H2,1-2H3. The van der Waals surface area contributed by atoms with Gasteiger partial charge in [-0.05, 0) is 48.9 Å². The summed E-state index contributed by atoms with van der Waals surface area (Å²) in [6.07, 6.45) is 4.68. The number of hydrogen-bond donors (Lipinski definition) is 1. The molecule has 2 aromatic carbocycles. The molecule has 1 atom stereocenters. The van der Waals surface area contributed by atoms with E-state index in [0.717, 1.165) is 18.8 Å². The molecule has 1 N–H and O–H groups in total. The predicted molar refractivity (Wildman–Crippen MR) is 97.0 cm³/mol. The van der Waals surface area contributed by atoms with E-state index in [1.807, 2.05) is 29.0 Å². The number of benzene rings is 2. The summed E-state index contributed by atoms with van der Waals surface area (Å²) in [6, 6.07) is 16.6. The van der Waals surface area contributed by atoms with Crippen molar-refractivity contribution in [3.63, 3.8) is 0 Å².